The summed E-state index contributed by atoms with van der Waals surface area (Å²) < 4.78 is 28.6. The number of amides is 2. The lowest BCUT2D eigenvalue weighted by Crippen LogP contribution is -2.47. The highest BCUT2D eigenvalue weighted by Gasteiger charge is 2.39. The molecule has 2 aliphatic heterocycles. The van der Waals surface area contributed by atoms with Crippen molar-refractivity contribution in [3.63, 3.8) is 0 Å². The predicted octanol–water partition coefficient (Wildman–Crippen LogP) is 1.08. The van der Waals surface area contributed by atoms with Gasteiger partial charge in [-0.3, -0.25) is 9.59 Å². The minimum absolute atomic E-state index is 0.106. The summed E-state index contributed by atoms with van der Waals surface area (Å²) in [5.41, 5.74) is 1.47. The highest BCUT2D eigenvalue weighted by molar-refractivity contribution is 7.90. The molecular formula is C22H24N4O4S. The van der Waals surface area contributed by atoms with Crippen molar-refractivity contribution in [3.8, 4) is 0 Å². The molecule has 0 aliphatic carbocycles. The molecule has 0 aromatic heterocycles. The molecule has 1 fully saturated rings. The third-order valence-electron chi connectivity index (χ3n) is 5.39. The fraction of sp³-hybridized carbons (Fsp3) is 0.318. The first-order valence-corrected chi connectivity index (χ1v) is 11.7. The number of likely N-dealkylation sites (tertiary alicyclic amines) is 1. The van der Waals surface area contributed by atoms with E-state index in [9.17, 15) is 18.0 Å². The molecule has 31 heavy (non-hydrogen) atoms. The summed E-state index contributed by atoms with van der Waals surface area (Å²) in [4.78, 5) is 26.7. The molecule has 2 N–H and O–H groups in total. The number of benzene rings is 2. The van der Waals surface area contributed by atoms with Crippen LogP contribution in [-0.4, -0.2) is 56.6 Å². The maximum atomic E-state index is 12.8. The van der Waals surface area contributed by atoms with Crippen molar-refractivity contribution in [2.75, 3.05) is 19.6 Å². The molecule has 2 amide bonds. The van der Waals surface area contributed by atoms with E-state index < -0.39 is 16.1 Å². The zero-order valence-electron chi connectivity index (χ0n) is 17.0. The van der Waals surface area contributed by atoms with Gasteiger partial charge in [-0.05, 0) is 30.5 Å². The van der Waals surface area contributed by atoms with Crippen molar-refractivity contribution in [2.45, 2.75) is 30.2 Å². The highest BCUT2D eigenvalue weighted by atomic mass is 32.2. The largest absolute Gasteiger partial charge is 0.354 e. The highest BCUT2D eigenvalue weighted by Crippen LogP contribution is 2.31. The smallest absolute Gasteiger partial charge is 0.285 e. The van der Waals surface area contributed by atoms with Crippen LogP contribution in [-0.2, 0) is 26.0 Å². The first-order chi connectivity index (χ1) is 15.0. The Morgan fingerprint density at radius 3 is 2.52 bits per heavy atom. The van der Waals surface area contributed by atoms with Crippen LogP contribution in [0.4, 0.5) is 0 Å². The van der Waals surface area contributed by atoms with Gasteiger partial charge in [-0.25, -0.2) is 0 Å². The Balaban J connectivity index is 1.31. The number of hydrogen-bond acceptors (Lipinski definition) is 5. The molecule has 1 atom stereocenters. The van der Waals surface area contributed by atoms with Crippen LogP contribution in [0.2, 0.25) is 0 Å². The molecule has 0 unspecified atom stereocenters. The molecule has 0 bridgehead atoms. The number of sulfonamides is 1. The number of carbonyl (C=O) groups is 2. The van der Waals surface area contributed by atoms with E-state index in [1.807, 2.05) is 30.3 Å². The lowest BCUT2D eigenvalue weighted by Gasteiger charge is -2.25. The van der Waals surface area contributed by atoms with E-state index in [-0.39, 0.29) is 16.7 Å². The third kappa shape index (κ3) is 4.61. The molecule has 9 heteroatoms. The summed E-state index contributed by atoms with van der Waals surface area (Å²) in [7, 11) is -3.73. The molecular weight excluding hydrogens is 416 g/mol. The SMILES string of the molecule is O=C(Cc1ccccc1)NCCNC(=O)[C@@H]1CCCN1C1=NS(=O)(=O)c2ccccc21. The summed E-state index contributed by atoms with van der Waals surface area (Å²) in [5, 5.41) is 5.64. The summed E-state index contributed by atoms with van der Waals surface area (Å²) in [6, 6.07) is 15.6. The van der Waals surface area contributed by atoms with E-state index in [0.29, 0.717) is 43.9 Å². The van der Waals surface area contributed by atoms with Gasteiger partial charge in [-0.2, -0.15) is 8.42 Å². The Kier molecular flexibility index (Phi) is 6.03. The number of rotatable bonds is 6. The second-order valence-electron chi connectivity index (χ2n) is 7.54. The number of fused-ring (bicyclic) bond motifs is 1. The number of carbonyl (C=O) groups excluding carboxylic acids is 2. The van der Waals surface area contributed by atoms with Gasteiger partial charge in [0.05, 0.1) is 6.42 Å². The maximum absolute atomic E-state index is 12.8. The van der Waals surface area contributed by atoms with E-state index in [0.717, 1.165) is 12.0 Å². The van der Waals surface area contributed by atoms with Crippen molar-refractivity contribution in [1.29, 1.82) is 0 Å². The Morgan fingerprint density at radius 2 is 1.71 bits per heavy atom. The standard InChI is InChI=1S/C22H24N4O4S/c27-20(15-16-7-2-1-3-8-16)23-12-13-24-22(28)18-10-6-14-26(18)21-17-9-4-5-11-19(17)31(29,30)25-21/h1-5,7-9,11,18H,6,10,12-15H2,(H,23,27)(H,24,28)/t18-/m0/s1. The van der Waals surface area contributed by atoms with Crippen molar-refractivity contribution in [3.05, 3.63) is 65.7 Å². The van der Waals surface area contributed by atoms with E-state index in [1.165, 1.54) is 6.07 Å². The lowest BCUT2D eigenvalue weighted by atomic mass is 10.1. The Labute approximate surface area is 181 Å². The maximum Gasteiger partial charge on any atom is 0.285 e. The van der Waals surface area contributed by atoms with E-state index in [1.54, 1.807) is 23.1 Å². The lowest BCUT2D eigenvalue weighted by molar-refractivity contribution is -0.125. The Hall–Kier alpha value is -3.20. The van der Waals surface area contributed by atoms with Crippen LogP contribution in [0.1, 0.15) is 24.0 Å². The summed E-state index contributed by atoms with van der Waals surface area (Å²) >= 11 is 0. The van der Waals surface area contributed by atoms with Crippen LogP contribution in [0, 0.1) is 0 Å². The molecule has 0 radical (unpaired) electrons. The van der Waals surface area contributed by atoms with Gasteiger partial charge in [0.15, 0.2) is 5.84 Å². The van der Waals surface area contributed by atoms with Crippen molar-refractivity contribution in [2.24, 2.45) is 4.40 Å². The van der Waals surface area contributed by atoms with Crippen LogP contribution in [0.15, 0.2) is 63.9 Å². The van der Waals surface area contributed by atoms with E-state index in [2.05, 4.69) is 15.0 Å². The minimum Gasteiger partial charge on any atom is -0.354 e. The number of nitrogens with one attached hydrogen (secondary N) is 2. The van der Waals surface area contributed by atoms with Crippen LogP contribution in [0.5, 0.6) is 0 Å². The van der Waals surface area contributed by atoms with Crippen LogP contribution >= 0.6 is 0 Å². The van der Waals surface area contributed by atoms with Gasteiger partial charge in [-0.1, -0.05) is 42.5 Å². The average molecular weight is 441 g/mol. The zero-order chi connectivity index (χ0) is 21.8. The van der Waals surface area contributed by atoms with Gasteiger partial charge in [0.25, 0.3) is 10.0 Å². The molecule has 0 spiro atoms. The molecule has 162 valence electrons. The zero-order valence-corrected chi connectivity index (χ0v) is 17.8. The monoisotopic (exact) mass is 440 g/mol. The summed E-state index contributed by atoms with van der Waals surface area (Å²) in [6.07, 6.45) is 1.68. The fourth-order valence-corrected chi connectivity index (χ4v) is 5.15. The molecule has 0 saturated carbocycles. The quantitative estimate of drug-likeness (QED) is 0.654. The molecule has 8 nitrogen and oxygen atoms in total. The van der Waals surface area contributed by atoms with Crippen molar-refractivity contribution < 1.29 is 18.0 Å². The normalized spacial score (nSPS) is 18.9. The second-order valence-corrected chi connectivity index (χ2v) is 9.11. The summed E-state index contributed by atoms with van der Waals surface area (Å²) in [5.74, 6) is 0.0359. The molecule has 2 aromatic rings. The molecule has 2 aliphatic rings. The molecule has 4 rings (SSSR count). The van der Waals surface area contributed by atoms with Crippen molar-refractivity contribution in [1.82, 2.24) is 15.5 Å². The Bertz CT molecular complexity index is 1120. The summed E-state index contributed by atoms with van der Waals surface area (Å²) in [6.45, 7) is 1.18. The minimum atomic E-state index is -3.73. The first kappa shape index (κ1) is 21.0. The third-order valence-corrected chi connectivity index (χ3v) is 6.72. The average Bonchev–Trinajstić information content (AvgIpc) is 3.35. The van der Waals surface area contributed by atoms with Crippen LogP contribution in [0.3, 0.4) is 0 Å². The van der Waals surface area contributed by atoms with Gasteiger partial charge < -0.3 is 15.5 Å². The number of amidine groups is 1. The van der Waals surface area contributed by atoms with Gasteiger partial charge >= 0.3 is 0 Å². The van der Waals surface area contributed by atoms with Crippen LogP contribution < -0.4 is 10.6 Å². The molecule has 1 saturated heterocycles. The number of hydrogen-bond donors (Lipinski definition) is 2. The van der Waals surface area contributed by atoms with Crippen LogP contribution in [0.25, 0.3) is 0 Å². The van der Waals surface area contributed by atoms with E-state index >= 15 is 0 Å². The van der Waals surface area contributed by atoms with Crippen molar-refractivity contribution >= 4 is 27.7 Å². The molecule has 2 aromatic carbocycles. The van der Waals surface area contributed by atoms with Gasteiger partial charge in [-0.15, -0.1) is 4.40 Å². The van der Waals surface area contributed by atoms with Gasteiger partial charge in [0.1, 0.15) is 10.9 Å². The van der Waals surface area contributed by atoms with Gasteiger partial charge in [0, 0.05) is 25.2 Å². The topological polar surface area (TPSA) is 108 Å². The Morgan fingerprint density at radius 1 is 1.00 bits per heavy atom. The predicted molar refractivity (Wildman–Crippen MR) is 116 cm³/mol. The molecule has 2 heterocycles. The van der Waals surface area contributed by atoms with E-state index in [4.69, 9.17) is 0 Å². The fourth-order valence-electron chi connectivity index (χ4n) is 3.94. The first-order valence-electron chi connectivity index (χ1n) is 10.2. The number of nitrogens with zero attached hydrogens (tertiary/aromatic N) is 2. The van der Waals surface area contributed by atoms with Gasteiger partial charge in [0.2, 0.25) is 11.8 Å². The second kappa shape index (κ2) is 8.89.